The highest BCUT2D eigenvalue weighted by molar-refractivity contribution is 9.09. The van der Waals surface area contributed by atoms with Crippen LogP contribution in [0.3, 0.4) is 0 Å². The number of carbonyl (C=O) groups excluding carboxylic acids is 2. The third-order valence-corrected chi connectivity index (χ3v) is 4.70. The van der Waals surface area contributed by atoms with Gasteiger partial charge in [0.2, 0.25) is 0 Å². The van der Waals surface area contributed by atoms with Gasteiger partial charge in [-0.25, -0.2) is 4.79 Å². The number of nitrogens with one attached hydrogen (secondary N) is 1. The Morgan fingerprint density at radius 3 is 3.00 bits per heavy atom. The van der Waals surface area contributed by atoms with Gasteiger partial charge in [-0.15, -0.1) is 0 Å². The molecule has 3 rings (SSSR count). The van der Waals surface area contributed by atoms with Gasteiger partial charge in [-0.2, -0.15) is 0 Å². The molecule has 0 aromatic heterocycles. The van der Waals surface area contributed by atoms with Crippen molar-refractivity contribution >= 4 is 39.5 Å². The largest absolute Gasteiger partial charge is 0.492 e. The Morgan fingerprint density at radius 2 is 2.24 bits per heavy atom. The maximum atomic E-state index is 12.8. The van der Waals surface area contributed by atoms with E-state index >= 15 is 0 Å². The number of rotatable bonds is 3. The van der Waals surface area contributed by atoms with Crippen LogP contribution in [0, 0.1) is 0 Å². The van der Waals surface area contributed by atoms with E-state index in [-0.39, 0.29) is 11.9 Å². The first-order chi connectivity index (χ1) is 10.1. The number of imide groups is 1. The van der Waals surface area contributed by atoms with Crippen LogP contribution in [0.5, 0.6) is 5.75 Å². The Balaban J connectivity index is 2.02. The van der Waals surface area contributed by atoms with E-state index in [0.29, 0.717) is 42.3 Å². The Kier molecular flexibility index (Phi) is 3.84. The maximum Gasteiger partial charge on any atom is 0.325 e. The van der Waals surface area contributed by atoms with Crippen molar-refractivity contribution in [3.05, 3.63) is 28.8 Å². The standard InChI is InChI=1S/C14H14BrClN2O3/c15-6-2-7-18-12(19)14(17-13(18)20)5-8-21-11-9(14)3-1-4-10(11)16/h1,3-4H,2,5-8H2,(H,17,20). The summed E-state index contributed by atoms with van der Waals surface area (Å²) in [5, 5.41) is 4.04. The molecule has 1 fully saturated rings. The fraction of sp³-hybridized carbons (Fsp3) is 0.429. The minimum absolute atomic E-state index is 0.222. The predicted octanol–water partition coefficient (Wildman–Crippen LogP) is 2.65. The minimum atomic E-state index is -1.04. The highest BCUT2D eigenvalue weighted by Crippen LogP contribution is 2.44. The summed E-state index contributed by atoms with van der Waals surface area (Å²) in [6.45, 7) is 0.740. The zero-order valence-electron chi connectivity index (χ0n) is 11.2. The van der Waals surface area contributed by atoms with E-state index in [0.717, 1.165) is 5.33 Å². The zero-order valence-corrected chi connectivity index (χ0v) is 13.5. The van der Waals surface area contributed by atoms with Gasteiger partial charge in [0.15, 0.2) is 5.54 Å². The molecule has 2 aliphatic heterocycles. The molecule has 1 saturated heterocycles. The summed E-state index contributed by atoms with van der Waals surface area (Å²) >= 11 is 9.45. The molecule has 21 heavy (non-hydrogen) atoms. The highest BCUT2D eigenvalue weighted by Gasteiger charge is 2.54. The molecule has 1 aromatic carbocycles. The van der Waals surface area contributed by atoms with Gasteiger partial charge < -0.3 is 10.1 Å². The zero-order chi connectivity index (χ0) is 15.0. The molecule has 7 heteroatoms. The van der Waals surface area contributed by atoms with Gasteiger partial charge in [0, 0.05) is 23.9 Å². The van der Waals surface area contributed by atoms with E-state index in [4.69, 9.17) is 16.3 Å². The third kappa shape index (κ3) is 2.21. The molecule has 1 N–H and O–H groups in total. The fourth-order valence-corrected chi connectivity index (χ4v) is 3.31. The molecule has 1 spiro atoms. The Morgan fingerprint density at radius 1 is 1.43 bits per heavy atom. The van der Waals surface area contributed by atoms with Gasteiger partial charge in [-0.1, -0.05) is 39.7 Å². The molecule has 0 radical (unpaired) electrons. The van der Waals surface area contributed by atoms with Crippen LogP contribution in [0.25, 0.3) is 0 Å². The lowest BCUT2D eigenvalue weighted by Gasteiger charge is -2.33. The van der Waals surface area contributed by atoms with Crippen LogP contribution in [-0.2, 0) is 10.3 Å². The quantitative estimate of drug-likeness (QED) is 0.654. The summed E-state index contributed by atoms with van der Waals surface area (Å²) < 4.78 is 5.58. The van der Waals surface area contributed by atoms with Gasteiger partial charge in [0.05, 0.1) is 11.6 Å². The van der Waals surface area contributed by atoms with Crippen molar-refractivity contribution in [3.8, 4) is 5.75 Å². The number of alkyl halides is 1. The SMILES string of the molecule is O=C1NC2(CCOc3c(Cl)cccc32)C(=O)N1CCCBr. The number of amides is 3. The molecule has 1 atom stereocenters. The van der Waals surface area contributed by atoms with Gasteiger partial charge in [-0.3, -0.25) is 9.69 Å². The molecule has 2 heterocycles. The second-order valence-corrected chi connectivity index (χ2v) is 6.25. The topological polar surface area (TPSA) is 58.6 Å². The summed E-state index contributed by atoms with van der Waals surface area (Å²) in [7, 11) is 0. The van der Waals surface area contributed by atoms with Crippen LogP contribution < -0.4 is 10.1 Å². The first kappa shape index (κ1) is 14.7. The molecule has 3 amide bonds. The number of para-hydroxylation sites is 1. The molecule has 5 nitrogen and oxygen atoms in total. The average Bonchev–Trinajstić information content (AvgIpc) is 2.70. The lowest BCUT2D eigenvalue weighted by molar-refractivity contribution is -0.132. The van der Waals surface area contributed by atoms with E-state index < -0.39 is 5.54 Å². The number of ether oxygens (including phenoxy) is 1. The van der Waals surface area contributed by atoms with E-state index in [2.05, 4.69) is 21.2 Å². The third-order valence-electron chi connectivity index (χ3n) is 3.84. The first-order valence-electron chi connectivity index (χ1n) is 6.72. The molecular weight excluding hydrogens is 360 g/mol. The minimum Gasteiger partial charge on any atom is -0.492 e. The molecule has 0 bridgehead atoms. The van der Waals surface area contributed by atoms with Crippen LogP contribution in [0.2, 0.25) is 5.02 Å². The van der Waals surface area contributed by atoms with Crippen molar-refractivity contribution in [2.45, 2.75) is 18.4 Å². The number of hydrogen-bond acceptors (Lipinski definition) is 3. The second-order valence-electron chi connectivity index (χ2n) is 5.05. The van der Waals surface area contributed by atoms with Gasteiger partial charge in [-0.05, 0) is 12.5 Å². The van der Waals surface area contributed by atoms with Crippen LogP contribution in [0.1, 0.15) is 18.4 Å². The van der Waals surface area contributed by atoms with Crippen LogP contribution in [0.15, 0.2) is 18.2 Å². The van der Waals surface area contributed by atoms with Crippen molar-refractivity contribution in [2.75, 3.05) is 18.5 Å². The molecular formula is C14H14BrClN2O3. The van der Waals surface area contributed by atoms with Gasteiger partial charge >= 0.3 is 6.03 Å². The number of urea groups is 1. The summed E-state index contributed by atoms with van der Waals surface area (Å²) in [5.74, 6) is 0.265. The van der Waals surface area contributed by atoms with Crippen molar-refractivity contribution in [2.24, 2.45) is 0 Å². The lowest BCUT2D eigenvalue weighted by Crippen LogP contribution is -2.47. The predicted molar refractivity (Wildman–Crippen MR) is 81.9 cm³/mol. The smallest absolute Gasteiger partial charge is 0.325 e. The van der Waals surface area contributed by atoms with Crippen LogP contribution in [-0.4, -0.2) is 35.3 Å². The highest BCUT2D eigenvalue weighted by atomic mass is 79.9. The van der Waals surface area contributed by atoms with Crippen molar-refractivity contribution in [3.63, 3.8) is 0 Å². The first-order valence-corrected chi connectivity index (χ1v) is 8.22. The van der Waals surface area contributed by atoms with Gasteiger partial charge in [0.1, 0.15) is 5.75 Å². The van der Waals surface area contributed by atoms with Crippen molar-refractivity contribution < 1.29 is 14.3 Å². The van der Waals surface area contributed by atoms with Crippen LogP contribution in [0.4, 0.5) is 4.79 Å². The molecule has 0 saturated carbocycles. The lowest BCUT2D eigenvalue weighted by atomic mass is 9.84. The number of carbonyl (C=O) groups is 2. The summed E-state index contributed by atoms with van der Waals surface area (Å²) in [6, 6.07) is 4.90. The Bertz CT molecular complexity index is 610. The Hall–Kier alpha value is -1.27. The normalized spacial score (nSPS) is 24.0. The molecule has 1 aromatic rings. The van der Waals surface area contributed by atoms with E-state index in [1.54, 1.807) is 18.2 Å². The molecule has 112 valence electrons. The molecule has 2 aliphatic rings. The molecule has 1 unspecified atom stereocenters. The van der Waals surface area contributed by atoms with Crippen molar-refractivity contribution in [1.29, 1.82) is 0 Å². The number of halogens is 2. The number of benzene rings is 1. The number of nitrogens with zero attached hydrogens (tertiary/aromatic N) is 1. The van der Waals surface area contributed by atoms with Crippen LogP contribution >= 0.6 is 27.5 Å². The van der Waals surface area contributed by atoms with E-state index in [1.165, 1.54) is 4.90 Å². The van der Waals surface area contributed by atoms with Crippen molar-refractivity contribution in [1.82, 2.24) is 10.2 Å². The van der Waals surface area contributed by atoms with Gasteiger partial charge in [0.25, 0.3) is 5.91 Å². The number of fused-ring (bicyclic) bond motifs is 2. The fourth-order valence-electron chi connectivity index (χ4n) is 2.83. The maximum absolute atomic E-state index is 12.8. The van der Waals surface area contributed by atoms with E-state index in [1.807, 2.05) is 0 Å². The summed E-state index contributed by atoms with van der Waals surface area (Å²) in [5.41, 5.74) is -0.400. The Labute approximate surface area is 135 Å². The van der Waals surface area contributed by atoms with E-state index in [9.17, 15) is 9.59 Å². The number of hydrogen-bond donors (Lipinski definition) is 1. The monoisotopic (exact) mass is 372 g/mol. The second kappa shape index (κ2) is 5.50. The summed E-state index contributed by atoms with van der Waals surface area (Å²) in [6.07, 6.45) is 1.13. The average molecular weight is 374 g/mol. The summed E-state index contributed by atoms with van der Waals surface area (Å²) in [4.78, 5) is 26.2. The molecule has 0 aliphatic carbocycles.